The third kappa shape index (κ3) is 2.85. The molecule has 2 saturated carbocycles. The van der Waals surface area contributed by atoms with Gasteiger partial charge in [0.2, 0.25) is 5.78 Å². The number of Topliss-reactive ketones (excluding diaryl/α,β-unsaturated/α-hetero) is 1. The number of ketones is 2. The average molecular weight is 569 g/mol. The molecule has 0 amide bonds. The highest BCUT2D eigenvalue weighted by molar-refractivity contribution is 6.15. The molecule has 1 aromatic heterocycles. The highest BCUT2D eigenvalue weighted by atomic mass is 16.6. The van der Waals surface area contributed by atoms with E-state index in [1.54, 1.807) is 40.2 Å². The topological polar surface area (TPSA) is 153 Å². The van der Waals surface area contributed by atoms with Gasteiger partial charge in [-0.1, -0.05) is 33.8 Å². The Morgan fingerprint density at radius 3 is 2.41 bits per heavy atom. The Kier molecular flexibility index (Phi) is 5.57. The van der Waals surface area contributed by atoms with Crippen LogP contribution < -0.4 is 0 Å². The van der Waals surface area contributed by atoms with Crippen molar-refractivity contribution in [1.82, 2.24) is 0 Å². The average Bonchev–Trinajstić information content (AvgIpc) is 3.28. The fourth-order valence-corrected chi connectivity index (χ4v) is 9.48. The van der Waals surface area contributed by atoms with Crippen LogP contribution >= 0.6 is 0 Å². The monoisotopic (exact) mass is 568 g/mol. The smallest absolute Gasteiger partial charge is 0.323 e. The number of carbonyl (C=O) groups is 4. The number of hydrogen-bond acceptors (Lipinski definition) is 10. The van der Waals surface area contributed by atoms with E-state index in [0.29, 0.717) is 6.42 Å². The number of hydrogen-bond donors (Lipinski definition) is 2. The summed E-state index contributed by atoms with van der Waals surface area (Å²) >= 11 is 0. The number of furan rings is 1. The Morgan fingerprint density at radius 1 is 1.15 bits per heavy atom. The number of aliphatic hydroxyl groups excluding tert-OH is 2. The van der Waals surface area contributed by atoms with E-state index in [9.17, 15) is 29.4 Å². The lowest BCUT2D eigenvalue weighted by atomic mass is 9.38. The largest absolute Gasteiger partial charge is 0.504 e. The lowest BCUT2D eigenvalue weighted by Crippen LogP contribution is -2.75. The highest BCUT2D eigenvalue weighted by Gasteiger charge is 2.91. The molecule has 10 nitrogen and oxygen atoms in total. The van der Waals surface area contributed by atoms with E-state index < -0.39 is 86.7 Å². The SMILES string of the molecule is COC(=O)[C@@]1(C)C(=O)C=C[C@@]2(C)C1=C(O)C(=O)[C@]1(C)C2C(O)[C@H](OC(=O)C(C)C)[C@@]2(C)[C@H](c3ccoc3)C[C@H]3O[C@]321. The number of allylic oxidation sites excluding steroid dienone is 3. The van der Waals surface area contributed by atoms with Crippen molar-refractivity contribution in [2.75, 3.05) is 7.11 Å². The molecular formula is C31H36O10. The molecule has 0 radical (unpaired) electrons. The van der Waals surface area contributed by atoms with Crippen LogP contribution in [0.2, 0.25) is 0 Å². The number of methoxy groups -OCH3 is 1. The maximum atomic E-state index is 14.6. The van der Waals surface area contributed by atoms with E-state index in [1.165, 1.54) is 19.1 Å². The summed E-state index contributed by atoms with van der Waals surface area (Å²) in [7, 11) is 1.13. The zero-order valence-corrected chi connectivity index (χ0v) is 24.2. The van der Waals surface area contributed by atoms with Crippen LogP contribution in [0.15, 0.2) is 46.5 Å². The normalized spacial score (nSPS) is 46.0. The maximum Gasteiger partial charge on any atom is 0.323 e. The van der Waals surface area contributed by atoms with Crippen molar-refractivity contribution in [3.8, 4) is 0 Å². The van der Waals surface area contributed by atoms with E-state index >= 15 is 0 Å². The third-order valence-corrected chi connectivity index (χ3v) is 11.3. The third-order valence-electron chi connectivity index (χ3n) is 11.3. The van der Waals surface area contributed by atoms with Crippen molar-refractivity contribution in [1.29, 1.82) is 0 Å². The summed E-state index contributed by atoms with van der Waals surface area (Å²) in [6.45, 7) is 9.93. The summed E-state index contributed by atoms with van der Waals surface area (Å²) in [5.41, 5.74) is -6.61. The standard InChI is InChI=1S/C31H36O10/c1-14(2)25(36)40-24-20(34)22-27(3)10-8-17(32)28(4,26(37)38-7)21(27)19(33)23(35)30(22,6)31-18(41-31)12-16(29(24,31)5)15-9-11-39-13-15/h8-11,13-14,16,18,20,22,24,33-34H,12H2,1-7H3/t16-,18+,20?,22?,24-,27-,28-,29+,30-,31+/m0/s1. The first kappa shape index (κ1) is 27.9. The maximum absolute atomic E-state index is 14.6. The Morgan fingerprint density at radius 2 is 1.83 bits per heavy atom. The van der Waals surface area contributed by atoms with Gasteiger partial charge < -0.3 is 28.8 Å². The predicted molar refractivity (Wildman–Crippen MR) is 141 cm³/mol. The molecule has 2 unspecified atom stereocenters. The van der Waals surface area contributed by atoms with Gasteiger partial charge in [-0.25, -0.2) is 0 Å². The second kappa shape index (κ2) is 8.19. The molecule has 41 heavy (non-hydrogen) atoms. The second-order valence-corrected chi connectivity index (χ2v) is 13.3. The summed E-state index contributed by atoms with van der Waals surface area (Å²) in [5, 5.41) is 24.1. The molecular weight excluding hydrogens is 532 g/mol. The molecule has 0 aromatic carbocycles. The van der Waals surface area contributed by atoms with E-state index in [4.69, 9.17) is 18.6 Å². The lowest BCUT2D eigenvalue weighted by molar-refractivity contribution is -0.242. The summed E-state index contributed by atoms with van der Waals surface area (Å²) in [4.78, 5) is 54.1. The number of esters is 2. The van der Waals surface area contributed by atoms with E-state index in [1.807, 2.05) is 13.0 Å². The second-order valence-electron chi connectivity index (χ2n) is 13.3. The molecule has 2 N–H and O–H groups in total. The van der Waals surface area contributed by atoms with Crippen molar-refractivity contribution < 1.29 is 48.0 Å². The van der Waals surface area contributed by atoms with Crippen LogP contribution in [0.3, 0.4) is 0 Å². The Bertz CT molecular complexity index is 1440. The highest BCUT2D eigenvalue weighted by Crippen LogP contribution is 2.81. The fourth-order valence-electron chi connectivity index (χ4n) is 9.48. The molecule has 1 spiro atoms. The van der Waals surface area contributed by atoms with Crippen molar-refractivity contribution >= 4 is 23.5 Å². The minimum Gasteiger partial charge on any atom is -0.504 e. The van der Waals surface area contributed by atoms with Gasteiger partial charge in [0.1, 0.15) is 11.7 Å². The molecule has 220 valence electrons. The molecule has 10 atom stereocenters. The van der Waals surface area contributed by atoms with Crippen LogP contribution in [-0.2, 0) is 33.4 Å². The van der Waals surface area contributed by atoms with Gasteiger partial charge in [-0.15, -0.1) is 0 Å². The van der Waals surface area contributed by atoms with Crippen molar-refractivity contribution in [2.45, 2.75) is 77.8 Å². The Labute approximate surface area is 237 Å². The lowest BCUT2D eigenvalue weighted by Gasteiger charge is -2.65. The van der Waals surface area contributed by atoms with Crippen molar-refractivity contribution in [3.05, 3.63) is 47.6 Å². The first-order valence-electron chi connectivity index (χ1n) is 14.0. The number of ether oxygens (including phenoxy) is 3. The van der Waals surface area contributed by atoms with Crippen LogP contribution in [0.25, 0.3) is 0 Å². The minimum atomic E-state index is -2.01. The number of aliphatic hydroxyl groups is 2. The van der Waals surface area contributed by atoms with Gasteiger partial charge in [-0.3, -0.25) is 19.2 Å². The first-order valence-corrected chi connectivity index (χ1v) is 14.0. The quantitative estimate of drug-likeness (QED) is 0.315. The number of epoxide rings is 1. The van der Waals surface area contributed by atoms with Gasteiger partial charge in [0.15, 0.2) is 17.0 Å². The molecule has 1 saturated heterocycles. The van der Waals surface area contributed by atoms with Crippen LogP contribution in [0.5, 0.6) is 0 Å². The van der Waals surface area contributed by atoms with Crippen molar-refractivity contribution in [3.63, 3.8) is 0 Å². The predicted octanol–water partition coefficient (Wildman–Crippen LogP) is 3.19. The molecule has 4 aliphatic carbocycles. The summed E-state index contributed by atoms with van der Waals surface area (Å²) < 4.78 is 23.0. The molecule has 5 aliphatic rings. The molecule has 10 heteroatoms. The molecule has 2 heterocycles. The van der Waals surface area contributed by atoms with Crippen LogP contribution in [0.1, 0.15) is 59.4 Å². The molecule has 1 aliphatic heterocycles. The van der Waals surface area contributed by atoms with Gasteiger partial charge in [-0.05, 0) is 38.0 Å². The molecule has 1 aromatic rings. The summed E-state index contributed by atoms with van der Waals surface area (Å²) in [6, 6.07) is 1.81. The van der Waals surface area contributed by atoms with Gasteiger partial charge in [0, 0.05) is 28.2 Å². The zero-order chi connectivity index (χ0) is 30.1. The number of carbonyl (C=O) groups excluding carboxylic acids is 4. The van der Waals surface area contributed by atoms with E-state index in [2.05, 4.69) is 0 Å². The van der Waals surface area contributed by atoms with Crippen LogP contribution in [-0.4, -0.2) is 64.7 Å². The van der Waals surface area contributed by atoms with Crippen molar-refractivity contribution in [2.24, 2.45) is 33.5 Å². The first-order chi connectivity index (χ1) is 19.1. The summed E-state index contributed by atoms with van der Waals surface area (Å²) in [6.07, 6.45) is 3.35. The van der Waals surface area contributed by atoms with Gasteiger partial charge in [0.05, 0.1) is 43.2 Å². The minimum absolute atomic E-state index is 0.133. The van der Waals surface area contributed by atoms with Crippen LogP contribution in [0.4, 0.5) is 0 Å². The Hall–Kier alpha value is -3.24. The van der Waals surface area contributed by atoms with E-state index in [-0.39, 0.29) is 11.5 Å². The molecule has 6 rings (SSSR count). The van der Waals surface area contributed by atoms with Gasteiger partial charge in [0.25, 0.3) is 0 Å². The van der Waals surface area contributed by atoms with Gasteiger partial charge >= 0.3 is 11.9 Å². The van der Waals surface area contributed by atoms with Crippen LogP contribution in [0, 0.1) is 33.5 Å². The molecule has 0 bridgehead atoms. The summed E-state index contributed by atoms with van der Waals surface area (Å²) in [5.74, 6) is -5.42. The number of fused-ring (bicyclic) bond motifs is 3. The van der Waals surface area contributed by atoms with Gasteiger partial charge in [-0.2, -0.15) is 0 Å². The number of rotatable bonds is 4. The zero-order valence-electron chi connectivity index (χ0n) is 24.2. The van der Waals surface area contributed by atoms with E-state index in [0.717, 1.165) is 12.7 Å². The molecule has 3 fully saturated rings. The fraction of sp³-hybridized carbons (Fsp3) is 0.613. The Balaban J connectivity index is 1.64.